The van der Waals surface area contributed by atoms with Gasteiger partial charge < -0.3 is 5.11 Å². The van der Waals surface area contributed by atoms with Gasteiger partial charge in [0.15, 0.2) is 0 Å². The molecule has 2 aromatic carbocycles. The van der Waals surface area contributed by atoms with Crippen LogP contribution in [0.5, 0.6) is 5.75 Å². The molecule has 7 heteroatoms. The predicted octanol–water partition coefficient (Wildman–Crippen LogP) is 4.91. The second kappa shape index (κ2) is 7.60. The third-order valence-corrected chi connectivity index (χ3v) is 4.98. The van der Waals surface area contributed by atoms with Gasteiger partial charge in [-0.15, -0.1) is 0 Å². The lowest BCUT2D eigenvalue weighted by Crippen LogP contribution is -2.23. The summed E-state index contributed by atoms with van der Waals surface area (Å²) in [5.41, 5.74) is 1.09. The Hall–Kier alpha value is -2.18. The number of fused-ring (bicyclic) bond motifs is 1. The van der Waals surface area contributed by atoms with Crippen LogP contribution in [0.15, 0.2) is 50.8 Å². The summed E-state index contributed by atoms with van der Waals surface area (Å²) in [6.07, 6.45) is 2.36. The zero-order valence-corrected chi connectivity index (χ0v) is 16.6. The standard InChI is InChI=1S/C19H17BrClN3O2/c1-3-11(2)18-23-16-6-5-13(20)9-14(16)19(26)24(18)22-10-12-4-7-17(25)15(21)8-12/h4-11,25H,3H2,1-2H3/t11-/m0/s1. The first-order chi connectivity index (χ1) is 12.4. The Bertz CT molecular complexity index is 1060. The Morgan fingerprint density at radius 3 is 2.81 bits per heavy atom. The lowest BCUT2D eigenvalue weighted by molar-refractivity contribution is 0.475. The normalized spacial score (nSPS) is 12.8. The molecule has 0 spiro atoms. The zero-order chi connectivity index (χ0) is 18.8. The molecule has 0 unspecified atom stereocenters. The number of benzene rings is 2. The van der Waals surface area contributed by atoms with Gasteiger partial charge in [-0.2, -0.15) is 9.78 Å². The fraction of sp³-hybridized carbons (Fsp3) is 0.211. The fourth-order valence-electron chi connectivity index (χ4n) is 2.51. The summed E-state index contributed by atoms with van der Waals surface area (Å²) in [6, 6.07) is 10.2. The monoisotopic (exact) mass is 433 g/mol. The molecule has 134 valence electrons. The molecule has 0 aliphatic heterocycles. The van der Waals surface area contributed by atoms with Crippen molar-refractivity contribution in [1.29, 1.82) is 0 Å². The number of hydrogen-bond donors (Lipinski definition) is 1. The van der Waals surface area contributed by atoms with E-state index in [2.05, 4.69) is 26.0 Å². The third-order valence-electron chi connectivity index (χ3n) is 4.18. The van der Waals surface area contributed by atoms with Gasteiger partial charge in [0.1, 0.15) is 11.6 Å². The summed E-state index contributed by atoms with van der Waals surface area (Å²) in [6.45, 7) is 4.05. The van der Waals surface area contributed by atoms with Gasteiger partial charge in [0, 0.05) is 10.4 Å². The largest absolute Gasteiger partial charge is 0.506 e. The van der Waals surface area contributed by atoms with E-state index in [4.69, 9.17) is 11.6 Å². The molecule has 1 atom stereocenters. The van der Waals surface area contributed by atoms with E-state index in [-0.39, 0.29) is 22.2 Å². The fourth-order valence-corrected chi connectivity index (χ4v) is 3.06. The molecule has 0 radical (unpaired) electrons. The molecular weight excluding hydrogens is 418 g/mol. The topological polar surface area (TPSA) is 67.5 Å². The molecule has 0 aliphatic carbocycles. The van der Waals surface area contributed by atoms with Crippen molar-refractivity contribution in [3.63, 3.8) is 0 Å². The Morgan fingerprint density at radius 2 is 2.12 bits per heavy atom. The summed E-state index contributed by atoms with van der Waals surface area (Å²) in [5.74, 6) is 0.670. The van der Waals surface area contributed by atoms with E-state index in [1.54, 1.807) is 18.2 Å². The van der Waals surface area contributed by atoms with Crippen molar-refractivity contribution < 1.29 is 5.11 Å². The van der Waals surface area contributed by atoms with Crippen molar-refractivity contribution in [2.75, 3.05) is 0 Å². The number of rotatable bonds is 4. The van der Waals surface area contributed by atoms with Crippen molar-refractivity contribution in [2.24, 2.45) is 5.10 Å². The number of nitrogens with zero attached hydrogens (tertiary/aromatic N) is 3. The van der Waals surface area contributed by atoms with Crippen LogP contribution < -0.4 is 5.56 Å². The van der Waals surface area contributed by atoms with Crippen LogP contribution in [0.25, 0.3) is 10.9 Å². The minimum absolute atomic E-state index is 0.00139. The van der Waals surface area contributed by atoms with E-state index in [1.807, 2.05) is 26.0 Å². The number of aromatic hydroxyl groups is 1. The van der Waals surface area contributed by atoms with Crippen LogP contribution in [0.1, 0.15) is 37.6 Å². The molecule has 0 saturated carbocycles. The summed E-state index contributed by atoms with van der Waals surface area (Å²) in [7, 11) is 0. The van der Waals surface area contributed by atoms with Crippen LogP contribution in [-0.4, -0.2) is 21.0 Å². The van der Waals surface area contributed by atoms with E-state index in [0.29, 0.717) is 22.3 Å². The molecule has 1 aromatic heterocycles. The van der Waals surface area contributed by atoms with Crippen LogP contribution in [0.2, 0.25) is 5.02 Å². The highest BCUT2D eigenvalue weighted by Crippen LogP contribution is 2.23. The minimum Gasteiger partial charge on any atom is -0.506 e. The maximum absolute atomic E-state index is 13.0. The van der Waals surface area contributed by atoms with Gasteiger partial charge in [-0.1, -0.05) is 41.4 Å². The van der Waals surface area contributed by atoms with Gasteiger partial charge in [-0.25, -0.2) is 4.98 Å². The van der Waals surface area contributed by atoms with E-state index in [1.165, 1.54) is 17.0 Å². The number of phenolic OH excluding ortho intramolecular Hbond substituents is 1. The maximum atomic E-state index is 13.0. The SMILES string of the molecule is CC[C@H](C)c1nc2ccc(Br)cc2c(=O)n1N=Cc1ccc(O)c(Cl)c1. The first-order valence-corrected chi connectivity index (χ1v) is 9.33. The van der Waals surface area contributed by atoms with Crippen molar-refractivity contribution in [3.05, 3.63) is 67.6 Å². The van der Waals surface area contributed by atoms with Gasteiger partial charge in [-0.3, -0.25) is 4.79 Å². The molecule has 0 saturated heterocycles. The highest BCUT2D eigenvalue weighted by molar-refractivity contribution is 9.10. The van der Waals surface area contributed by atoms with Crippen LogP contribution in [0.4, 0.5) is 0 Å². The van der Waals surface area contributed by atoms with Crippen molar-refractivity contribution in [1.82, 2.24) is 9.66 Å². The molecular formula is C19H17BrClN3O2. The minimum atomic E-state index is -0.229. The Morgan fingerprint density at radius 1 is 1.35 bits per heavy atom. The molecule has 0 bridgehead atoms. The molecule has 1 heterocycles. The van der Waals surface area contributed by atoms with Crippen molar-refractivity contribution in [2.45, 2.75) is 26.2 Å². The highest BCUT2D eigenvalue weighted by atomic mass is 79.9. The van der Waals surface area contributed by atoms with Crippen LogP contribution in [0, 0.1) is 0 Å². The highest BCUT2D eigenvalue weighted by Gasteiger charge is 2.15. The second-order valence-corrected chi connectivity index (χ2v) is 7.34. The van der Waals surface area contributed by atoms with Crippen LogP contribution in [-0.2, 0) is 0 Å². The number of halogens is 2. The van der Waals surface area contributed by atoms with Crippen LogP contribution >= 0.6 is 27.5 Å². The first kappa shape index (κ1) is 18.6. The van der Waals surface area contributed by atoms with Gasteiger partial charge in [0.25, 0.3) is 5.56 Å². The molecule has 3 aromatic rings. The molecule has 0 amide bonds. The molecule has 0 aliphatic rings. The summed E-state index contributed by atoms with van der Waals surface area (Å²) < 4.78 is 2.14. The molecule has 3 rings (SSSR count). The Labute approximate surface area is 164 Å². The van der Waals surface area contributed by atoms with E-state index < -0.39 is 0 Å². The van der Waals surface area contributed by atoms with Gasteiger partial charge in [-0.05, 0) is 48.4 Å². The third kappa shape index (κ3) is 3.66. The summed E-state index contributed by atoms with van der Waals surface area (Å²) >= 11 is 9.32. The molecule has 5 nitrogen and oxygen atoms in total. The van der Waals surface area contributed by atoms with Crippen molar-refractivity contribution >= 4 is 44.6 Å². The van der Waals surface area contributed by atoms with Gasteiger partial charge >= 0.3 is 0 Å². The Balaban J connectivity index is 2.18. The molecule has 1 N–H and O–H groups in total. The second-order valence-electron chi connectivity index (χ2n) is 6.01. The lowest BCUT2D eigenvalue weighted by Gasteiger charge is -2.14. The summed E-state index contributed by atoms with van der Waals surface area (Å²) in [4.78, 5) is 17.6. The van der Waals surface area contributed by atoms with Gasteiger partial charge in [0.2, 0.25) is 0 Å². The molecule has 0 fully saturated rings. The lowest BCUT2D eigenvalue weighted by atomic mass is 10.1. The first-order valence-electron chi connectivity index (χ1n) is 8.15. The zero-order valence-electron chi connectivity index (χ0n) is 14.3. The average molecular weight is 435 g/mol. The average Bonchev–Trinajstić information content (AvgIpc) is 2.63. The number of hydrogen-bond acceptors (Lipinski definition) is 4. The van der Waals surface area contributed by atoms with Crippen molar-refractivity contribution in [3.8, 4) is 5.75 Å². The van der Waals surface area contributed by atoms with E-state index >= 15 is 0 Å². The quantitative estimate of drug-likeness (QED) is 0.593. The number of aromatic nitrogens is 2. The molecule has 26 heavy (non-hydrogen) atoms. The number of phenols is 1. The maximum Gasteiger partial charge on any atom is 0.282 e. The predicted molar refractivity (Wildman–Crippen MR) is 109 cm³/mol. The van der Waals surface area contributed by atoms with Gasteiger partial charge in [0.05, 0.1) is 22.1 Å². The van der Waals surface area contributed by atoms with Crippen LogP contribution in [0.3, 0.4) is 0 Å². The Kier molecular flexibility index (Phi) is 5.44. The van der Waals surface area contributed by atoms with E-state index in [9.17, 15) is 9.90 Å². The smallest absolute Gasteiger partial charge is 0.282 e. The summed E-state index contributed by atoms with van der Waals surface area (Å²) in [5, 5.41) is 14.6. The van der Waals surface area contributed by atoms with E-state index in [0.717, 1.165) is 10.9 Å².